The van der Waals surface area contributed by atoms with Crippen LogP contribution in [-0.2, 0) is 0 Å². The van der Waals surface area contributed by atoms with Gasteiger partial charge in [0, 0.05) is 18.7 Å². The molecule has 0 heterocycles. The van der Waals surface area contributed by atoms with Crippen molar-refractivity contribution in [2.75, 3.05) is 13.2 Å². The third-order valence-corrected chi connectivity index (χ3v) is 2.80. The van der Waals surface area contributed by atoms with E-state index >= 15 is 0 Å². The van der Waals surface area contributed by atoms with E-state index in [9.17, 15) is 9.50 Å². The van der Waals surface area contributed by atoms with Crippen molar-refractivity contribution >= 4 is 0 Å². The Morgan fingerprint density at radius 3 is 3.00 bits per heavy atom. The summed E-state index contributed by atoms with van der Waals surface area (Å²) in [5.41, 5.74) is 0.869. The molecule has 0 bridgehead atoms. The largest absolute Gasteiger partial charge is 0.490 e. The van der Waals surface area contributed by atoms with E-state index < -0.39 is 6.10 Å². The Hall–Kier alpha value is -1.13. The molecule has 1 unspecified atom stereocenters. The van der Waals surface area contributed by atoms with Crippen LogP contribution in [-0.4, -0.2) is 30.4 Å². The lowest BCUT2D eigenvalue weighted by Crippen LogP contribution is -2.32. The fraction of sp³-hybridized carbons (Fsp3) is 0.538. The van der Waals surface area contributed by atoms with E-state index in [4.69, 9.17) is 4.74 Å². The van der Waals surface area contributed by atoms with Crippen molar-refractivity contribution in [2.24, 2.45) is 0 Å². The molecule has 1 aromatic carbocycles. The summed E-state index contributed by atoms with van der Waals surface area (Å²) in [6, 6.07) is 4.98. The van der Waals surface area contributed by atoms with Crippen molar-refractivity contribution in [3.8, 4) is 5.75 Å². The number of aliphatic hydroxyl groups is 1. The van der Waals surface area contributed by atoms with E-state index in [1.165, 1.54) is 25.0 Å². The molecule has 0 amide bonds. The minimum absolute atomic E-state index is 0.185. The Bertz CT molecular complexity index is 380. The number of aliphatic hydroxyl groups excluding tert-OH is 1. The number of halogens is 1. The highest BCUT2D eigenvalue weighted by atomic mass is 19.1. The molecule has 0 radical (unpaired) electrons. The molecule has 3 nitrogen and oxygen atoms in total. The zero-order chi connectivity index (χ0) is 12.3. The Morgan fingerprint density at radius 2 is 2.29 bits per heavy atom. The Labute approximate surface area is 101 Å². The quantitative estimate of drug-likeness (QED) is 0.792. The standard InChI is InChI=1S/C13H18FNO2/c1-9-2-3-10(14)6-13(9)17-8-12(16)7-15-11-4-5-11/h2-3,6,11-12,15-16H,4-5,7-8H2,1H3. The topological polar surface area (TPSA) is 41.5 Å². The van der Waals surface area contributed by atoms with Gasteiger partial charge in [0.15, 0.2) is 0 Å². The van der Waals surface area contributed by atoms with Gasteiger partial charge in [-0.15, -0.1) is 0 Å². The molecule has 1 aliphatic carbocycles. The van der Waals surface area contributed by atoms with Gasteiger partial charge in [0.1, 0.15) is 24.3 Å². The van der Waals surface area contributed by atoms with Crippen LogP contribution in [0.2, 0.25) is 0 Å². The highest BCUT2D eigenvalue weighted by molar-refractivity contribution is 5.32. The van der Waals surface area contributed by atoms with Crippen LogP contribution in [0.15, 0.2) is 18.2 Å². The highest BCUT2D eigenvalue weighted by Gasteiger charge is 2.21. The second-order valence-corrected chi connectivity index (χ2v) is 4.56. The number of rotatable bonds is 6. The summed E-state index contributed by atoms with van der Waals surface area (Å²) in [5, 5.41) is 12.9. The third-order valence-electron chi connectivity index (χ3n) is 2.80. The fourth-order valence-electron chi connectivity index (χ4n) is 1.56. The van der Waals surface area contributed by atoms with Crippen molar-refractivity contribution in [1.29, 1.82) is 0 Å². The second kappa shape index (κ2) is 5.47. The van der Waals surface area contributed by atoms with Gasteiger partial charge >= 0.3 is 0 Å². The number of benzene rings is 1. The Balaban J connectivity index is 1.77. The molecular formula is C13H18FNO2. The molecule has 1 saturated carbocycles. The van der Waals surface area contributed by atoms with Gasteiger partial charge in [-0.3, -0.25) is 0 Å². The normalized spacial score (nSPS) is 16.9. The molecule has 1 atom stereocenters. The Morgan fingerprint density at radius 1 is 1.53 bits per heavy atom. The lowest BCUT2D eigenvalue weighted by Gasteiger charge is -2.14. The van der Waals surface area contributed by atoms with Gasteiger partial charge in [-0.05, 0) is 31.4 Å². The molecule has 0 saturated heterocycles. The summed E-state index contributed by atoms with van der Waals surface area (Å²) in [5.74, 6) is 0.173. The van der Waals surface area contributed by atoms with E-state index in [0.29, 0.717) is 18.3 Å². The minimum atomic E-state index is -0.557. The first-order chi connectivity index (χ1) is 8.15. The zero-order valence-corrected chi connectivity index (χ0v) is 9.95. The van der Waals surface area contributed by atoms with Gasteiger partial charge in [-0.1, -0.05) is 6.07 Å². The molecule has 17 heavy (non-hydrogen) atoms. The van der Waals surface area contributed by atoms with Crippen LogP contribution in [0, 0.1) is 12.7 Å². The molecule has 1 aromatic rings. The van der Waals surface area contributed by atoms with E-state index in [2.05, 4.69) is 5.32 Å². The minimum Gasteiger partial charge on any atom is -0.490 e. The first-order valence-corrected chi connectivity index (χ1v) is 5.95. The number of nitrogens with one attached hydrogen (secondary N) is 1. The van der Waals surface area contributed by atoms with Crippen molar-refractivity contribution in [3.05, 3.63) is 29.6 Å². The number of ether oxygens (including phenoxy) is 1. The predicted octanol–water partition coefficient (Wildman–Crippen LogP) is 1.63. The molecule has 0 aliphatic heterocycles. The van der Waals surface area contributed by atoms with Crippen LogP contribution >= 0.6 is 0 Å². The average molecular weight is 239 g/mol. The lowest BCUT2D eigenvalue weighted by molar-refractivity contribution is 0.105. The molecule has 2 N–H and O–H groups in total. The maximum Gasteiger partial charge on any atom is 0.126 e. The summed E-state index contributed by atoms with van der Waals surface area (Å²) < 4.78 is 18.4. The van der Waals surface area contributed by atoms with Crippen molar-refractivity contribution in [1.82, 2.24) is 5.32 Å². The molecule has 94 valence electrons. The molecule has 4 heteroatoms. The molecule has 0 aromatic heterocycles. The van der Waals surface area contributed by atoms with Gasteiger partial charge in [0.05, 0.1) is 0 Å². The molecular weight excluding hydrogens is 221 g/mol. The number of hydrogen-bond donors (Lipinski definition) is 2. The average Bonchev–Trinajstić information content (AvgIpc) is 3.11. The van der Waals surface area contributed by atoms with Crippen LogP contribution in [0.1, 0.15) is 18.4 Å². The first kappa shape index (κ1) is 12.3. The van der Waals surface area contributed by atoms with Crippen LogP contribution in [0.4, 0.5) is 4.39 Å². The zero-order valence-electron chi connectivity index (χ0n) is 9.95. The fourth-order valence-corrected chi connectivity index (χ4v) is 1.56. The number of hydrogen-bond acceptors (Lipinski definition) is 3. The van der Waals surface area contributed by atoms with Gasteiger partial charge in [0.2, 0.25) is 0 Å². The maximum atomic E-state index is 13.0. The first-order valence-electron chi connectivity index (χ1n) is 5.95. The smallest absolute Gasteiger partial charge is 0.126 e. The van der Waals surface area contributed by atoms with Gasteiger partial charge in [-0.2, -0.15) is 0 Å². The lowest BCUT2D eigenvalue weighted by atomic mass is 10.2. The molecule has 0 spiro atoms. The third kappa shape index (κ3) is 3.98. The van der Waals surface area contributed by atoms with Crippen LogP contribution in [0.3, 0.4) is 0 Å². The van der Waals surface area contributed by atoms with E-state index in [1.54, 1.807) is 6.07 Å². The van der Waals surface area contributed by atoms with Gasteiger partial charge in [-0.25, -0.2) is 4.39 Å². The van der Waals surface area contributed by atoms with Gasteiger partial charge < -0.3 is 15.2 Å². The van der Waals surface area contributed by atoms with E-state index in [-0.39, 0.29) is 12.4 Å². The summed E-state index contributed by atoms with van der Waals surface area (Å²) in [4.78, 5) is 0. The van der Waals surface area contributed by atoms with Gasteiger partial charge in [0.25, 0.3) is 0 Å². The SMILES string of the molecule is Cc1ccc(F)cc1OCC(O)CNC1CC1. The van der Waals surface area contributed by atoms with E-state index in [1.807, 2.05) is 6.92 Å². The van der Waals surface area contributed by atoms with Crippen molar-refractivity contribution in [3.63, 3.8) is 0 Å². The highest BCUT2D eigenvalue weighted by Crippen LogP contribution is 2.20. The molecule has 1 fully saturated rings. The van der Waals surface area contributed by atoms with Crippen molar-refractivity contribution < 1.29 is 14.2 Å². The Kier molecular flexibility index (Phi) is 3.97. The van der Waals surface area contributed by atoms with E-state index in [0.717, 1.165) is 5.56 Å². The van der Waals surface area contributed by atoms with Crippen LogP contribution in [0.5, 0.6) is 5.75 Å². The summed E-state index contributed by atoms with van der Waals surface area (Å²) in [7, 11) is 0. The summed E-state index contributed by atoms with van der Waals surface area (Å²) in [6.45, 7) is 2.56. The van der Waals surface area contributed by atoms with Crippen LogP contribution in [0.25, 0.3) is 0 Å². The van der Waals surface area contributed by atoms with Crippen LogP contribution < -0.4 is 10.1 Å². The maximum absolute atomic E-state index is 13.0. The second-order valence-electron chi connectivity index (χ2n) is 4.56. The molecule has 2 rings (SSSR count). The predicted molar refractivity (Wildman–Crippen MR) is 63.7 cm³/mol. The monoisotopic (exact) mass is 239 g/mol. The van der Waals surface area contributed by atoms with Crippen molar-refractivity contribution in [2.45, 2.75) is 31.9 Å². The molecule has 1 aliphatic rings. The summed E-state index contributed by atoms with van der Waals surface area (Å²) >= 11 is 0. The summed E-state index contributed by atoms with van der Waals surface area (Å²) in [6.07, 6.45) is 1.82. The number of aryl methyl sites for hydroxylation is 1.